The molecule has 3 fully saturated rings. The number of halogens is 2. The van der Waals surface area contributed by atoms with Gasteiger partial charge in [-0.1, -0.05) is 29.3 Å². The number of piperazine rings is 1. The Morgan fingerprint density at radius 1 is 1.05 bits per heavy atom. The van der Waals surface area contributed by atoms with Crippen LogP contribution in [-0.2, 0) is 36.1 Å². The van der Waals surface area contributed by atoms with Crippen LogP contribution in [0.25, 0.3) is 0 Å². The van der Waals surface area contributed by atoms with Gasteiger partial charge in [-0.3, -0.25) is 14.6 Å². The lowest BCUT2D eigenvalue weighted by Gasteiger charge is -2.54. The van der Waals surface area contributed by atoms with Crippen molar-refractivity contribution in [2.75, 3.05) is 13.1 Å². The summed E-state index contributed by atoms with van der Waals surface area (Å²) >= 11 is 12.3. The highest BCUT2D eigenvalue weighted by Crippen LogP contribution is 2.36. The fourth-order valence-corrected chi connectivity index (χ4v) is 9.04. The van der Waals surface area contributed by atoms with Crippen molar-refractivity contribution in [2.24, 2.45) is 0 Å². The highest BCUT2D eigenvalue weighted by atomic mass is 35.5. The van der Waals surface area contributed by atoms with Crippen LogP contribution in [0, 0.1) is 0 Å². The van der Waals surface area contributed by atoms with E-state index in [-0.39, 0.29) is 39.9 Å². The van der Waals surface area contributed by atoms with E-state index in [0.29, 0.717) is 18.4 Å². The summed E-state index contributed by atoms with van der Waals surface area (Å²) in [7, 11) is -8.28. The van der Waals surface area contributed by atoms with Gasteiger partial charge in [0, 0.05) is 36.4 Å². The van der Waals surface area contributed by atoms with Gasteiger partial charge in [0.25, 0.3) is 0 Å². The van der Waals surface area contributed by atoms with E-state index in [1.165, 1.54) is 28.0 Å². The number of nitrogens with zero attached hydrogens (tertiary/aromatic N) is 4. The van der Waals surface area contributed by atoms with Crippen molar-refractivity contribution in [1.82, 2.24) is 23.8 Å². The number of pyridine rings is 1. The van der Waals surface area contributed by atoms with Crippen LogP contribution in [0.2, 0.25) is 10.0 Å². The lowest BCUT2D eigenvalue weighted by molar-refractivity contribution is -0.168. The molecule has 3 unspecified atom stereocenters. The minimum Gasteiger partial charge on any atom is -0.335 e. The Bertz CT molecular complexity index is 1540. The van der Waals surface area contributed by atoms with E-state index < -0.39 is 56.0 Å². The molecule has 1 N–H and O–H groups in total. The number of hydrogen-bond donors (Lipinski definition) is 1. The molecule has 0 radical (unpaired) electrons. The molecule has 11 nitrogen and oxygen atoms in total. The SMILES string of the molecule is CC(C)N1CC2N(C(=O)C(NS(=O)(=O)C3CC3)CN2S(=O)(=O)c2ccc(Cl)cc2Cl)C(Cc2cccnc2)C1=O. The normalized spacial score (nSPS) is 24.5. The van der Waals surface area contributed by atoms with Crippen molar-refractivity contribution in [2.45, 2.75) is 67.5 Å². The molecule has 0 bridgehead atoms. The van der Waals surface area contributed by atoms with E-state index in [4.69, 9.17) is 23.2 Å². The van der Waals surface area contributed by atoms with Crippen molar-refractivity contribution in [1.29, 1.82) is 0 Å². The number of fused-ring (bicyclic) bond motifs is 1. The summed E-state index contributed by atoms with van der Waals surface area (Å²) in [6, 6.07) is 4.59. The van der Waals surface area contributed by atoms with Gasteiger partial charge in [-0.05, 0) is 56.5 Å². The maximum absolute atomic E-state index is 14.1. The molecular formula is C25H29Cl2N5O6S2. The third-order valence-corrected chi connectivity index (χ3v) is 11.9. The molecular weight excluding hydrogens is 601 g/mol. The van der Waals surface area contributed by atoms with Gasteiger partial charge in [-0.15, -0.1) is 0 Å². The Labute approximate surface area is 243 Å². The Morgan fingerprint density at radius 3 is 2.38 bits per heavy atom. The molecule has 1 saturated carbocycles. The summed E-state index contributed by atoms with van der Waals surface area (Å²) in [4.78, 5) is 34.4. The van der Waals surface area contributed by atoms with Crippen LogP contribution < -0.4 is 4.72 Å². The number of benzene rings is 1. The second-order valence-corrected chi connectivity index (χ2v) is 15.2. The smallest absolute Gasteiger partial charge is 0.246 e. The highest BCUT2D eigenvalue weighted by Gasteiger charge is 2.55. The van der Waals surface area contributed by atoms with Gasteiger partial charge in [0.1, 0.15) is 23.1 Å². The first-order chi connectivity index (χ1) is 18.8. The Hall–Kier alpha value is -2.29. The second kappa shape index (κ2) is 10.8. The van der Waals surface area contributed by atoms with Crippen molar-refractivity contribution in [3.05, 3.63) is 58.3 Å². The highest BCUT2D eigenvalue weighted by molar-refractivity contribution is 7.90. The Kier molecular flexibility index (Phi) is 7.92. The van der Waals surface area contributed by atoms with Crippen molar-refractivity contribution < 1.29 is 26.4 Å². The monoisotopic (exact) mass is 629 g/mol. The van der Waals surface area contributed by atoms with Gasteiger partial charge in [0.15, 0.2) is 0 Å². The molecule has 2 saturated heterocycles. The molecule has 40 heavy (non-hydrogen) atoms. The Morgan fingerprint density at radius 2 is 1.77 bits per heavy atom. The van der Waals surface area contributed by atoms with Crippen molar-refractivity contribution >= 4 is 55.1 Å². The van der Waals surface area contributed by atoms with E-state index in [0.717, 1.165) is 4.31 Å². The van der Waals surface area contributed by atoms with Gasteiger partial charge in [-0.2, -0.15) is 4.31 Å². The third kappa shape index (κ3) is 5.47. The molecule has 0 spiro atoms. The molecule has 2 amide bonds. The first-order valence-corrected chi connectivity index (χ1v) is 16.5. The molecule has 3 aliphatic rings. The summed E-state index contributed by atoms with van der Waals surface area (Å²) in [5, 5.41) is -0.523. The van der Waals surface area contributed by atoms with E-state index in [2.05, 4.69) is 9.71 Å². The van der Waals surface area contributed by atoms with Crippen LogP contribution in [-0.4, -0.2) is 90.4 Å². The number of nitrogens with one attached hydrogen (secondary N) is 1. The van der Waals surface area contributed by atoms with Gasteiger partial charge in [0.05, 0.1) is 16.8 Å². The summed E-state index contributed by atoms with van der Waals surface area (Å²) in [6.07, 6.45) is 3.02. The van der Waals surface area contributed by atoms with Gasteiger partial charge < -0.3 is 9.80 Å². The van der Waals surface area contributed by atoms with E-state index in [1.54, 1.807) is 38.4 Å². The van der Waals surface area contributed by atoms with Crippen LogP contribution in [0.1, 0.15) is 32.3 Å². The fraction of sp³-hybridized carbons (Fsp3) is 0.480. The van der Waals surface area contributed by atoms with Crippen LogP contribution in [0.5, 0.6) is 0 Å². The number of hydrogen-bond acceptors (Lipinski definition) is 7. The van der Waals surface area contributed by atoms with Gasteiger partial charge >= 0.3 is 0 Å². The van der Waals surface area contributed by atoms with Gasteiger partial charge in [-0.25, -0.2) is 21.6 Å². The largest absolute Gasteiger partial charge is 0.335 e. The molecule has 1 aliphatic carbocycles. The predicted octanol–water partition coefficient (Wildman–Crippen LogP) is 1.86. The fourth-order valence-electron chi connectivity index (χ4n) is 5.18. The number of sulfonamides is 2. The number of aromatic nitrogens is 1. The standard InChI is InChI=1S/C25H29Cl2N5O6S2/c1-15(2)30-14-23-31(40(37,38)22-8-5-17(26)11-19(22)27)13-20(29-39(35,36)18-6-7-18)24(33)32(23)21(25(30)34)10-16-4-3-9-28-12-16/h3-5,8-9,11-12,15,18,20-21,23,29H,6-7,10,13-14H2,1-2H3. The van der Waals surface area contributed by atoms with Crippen molar-refractivity contribution in [3.8, 4) is 0 Å². The topological polar surface area (TPSA) is 137 Å². The average molecular weight is 631 g/mol. The molecule has 1 aromatic carbocycles. The maximum Gasteiger partial charge on any atom is 0.246 e. The Balaban J connectivity index is 1.63. The molecule has 5 rings (SSSR count). The minimum absolute atomic E-state index is 0.0653. The number of rotatable bonds is 8. The summed E-state index contributed by atoms with van der Waals surface area (Å²) in [5.74, 6) is -1.02. The second-order valence-electron chi connectivity index (χ2n) is 10.5. The first kappa shape index (κ1) is 29.2. The quantitative estimate of drug-likeness (QED) is 0.470. The molecule has 216 valence electrons. The first-order valence-electron chi connectivity index (χ1n) is 12.8. The number of carbonyl (C=O) groups is 2. The maximum atomic E-state index is 14.1. The number of amides is 2. The molecule has 1 aromatic heterocycles. The number of carbonyl (C=O) groups excluding carboxylic acids is 2. The average Bonchev–Trinajstić information content (AvgIpc) is 3.73. The molecule has 2 aliphatic heterocycles. The van der Waals surface area contributed by atoms with Crippen LogP contribution >= 0.6 is 23.2 Å². The summed E-state index contributed by atoms with van der Waals surface area (Å²) < 4.78 is 57.6. The zero-order valence-corrected chi connectivity index (χ0v) is 24.9. The summed E-state index contributed by atoms with van der Waals surface area (Å²) in [5.41, 5.74) is 0.661. The molecule has 2 aromatic rings. The summed E-state index contributed by atoms with van der Waals surface area (Å²) in [6.45, 7) is 3.05. The van der Waals surface area contributed by atoms with Crippen LogP contribution in [0.4, 0.5) is 0 Å². The third-order valence-electron chi connectivity index (χ3n) is 7.36. The zero-order valence-electron chi connectivity index (χ0n) is 21.8. The van der Waals surface area contributed by atoms with E-state index in [9.17, 15) is 26.4 Å². The van der Waals surface area contributed by atoms with E-state index >= 15 is 0 Å². The van der Waals surface area contributed by atoms with Crippen LogP contribution in [0.15, 0.2) is 47.6 Å². The molecule has 15 heteroatoms. The molecule has 3 heterocycles. The van der Waals surface area contributed by atoms with Crippen molar-refractivity contribution in [3.63, 3.8) is 0 Å². The molecule has 3 atom stereocenters. The lowest BCUT2D eigenvalue weighted by Crippen LogP contribution is -2.76. The van der Waals surface area contributed by atoms with Crippen LogP contribution in [0.3, 0.4) is 0 Å². The van der Waals surface area contributed by atoms with E-state index in [1.807, 2.05) is 0 Å². The zero-order chi connectivity index (χ0) is 29.0. The predicted molar refractivity (Wildman–Crippen MR) is 148 cm³/mol. The lowest BCUT2D eigenvalue weighted by atomic mass is 9.97. The minimum atomic E-state index is -4.40. The van der Waals surface area contributed by atoms with Gasteiger partial charge in [0.2, 0.25) is 31.9 Å².